The molecule has 1 heterocycles. The maximum absolute atomic E-state index is 13.4. The summed E-state index contributed by atoms with van der Waals surface area (Å²) in [6, 6.07) is 0. The Bertz CT molecular complexity index is 341. The number of alkyl halides is 3. The van der Waals surface area contributed by atoms with Gasteiger partial charge in [-0.1, -0.05) is 15.9 Å². The lowest BCUT2D eigenvalue weighted by Crippen LogP contribution is -2.41. The van der Waals surface area contributed by atoms with Gasteiger partial charge >= 0.3 is 17.9 Å². The molecule has 1 rings (SSSR count). The third kappa shape index (κ3) is 2.94. The van der Waals surface area contributed by atoms with Gasteiger partial charge in [0.15, 0.2) is 0 Å². The van der Waals surface area contributed by atoms with Crippen LogP contribution in [0, 0.1) is 5.92 Å². The molecule has 0 saturated carbocycles. The van der Waals surface area contributed by atoms with Gasteiger partial charge in [-0.25, -0.2) is 9.69 Å². The molecule has 1 saturated heterocycles. The van der Waals surface area contributed by atoms with E-state index in [1.54, 1.807) is 20.8 Å². The van der Waals surface area contributed by atoms with Crippen molar-refractivity contribution < 1.29 is 23.1 Å². The van der Waals surface area contributed by atoms with Crippen LogP contribution in [-0.4, -0.2) is 40.3 Å². The van der Waals surface area contributed by atoms with Gasteiger partial charge < -0.3 is 4.74 Å². The van der Waals surface area contributed by atoms with E-state index < -0.39 is 29.4 Å². The van der Waals surface area contributed by atoms with E-state index in [2.05, 4.69) is 15.9 Å². The molecule has 0 aliphatic carbocycles. The highest BCUT2D eigenvalue weighted by Gasteiger charge is 2.58. The van der Waals surface area contributed by atoms with E-state index in [1.807, 2.05) is 0 Å². The summed E-state index contributed by atoms with van der Waals surface area (Å²) in [5.74, 6) is -6.21. The molecule has 1 aliphatic heterocycles. The lowest BCUT2D eigenvalue weighted by molar-refractivity contribution is -0.149. The smallest absolute Gasteiger partial charge is 0.417 e. The molecule has 0 bridgehead atoms. The van der Waals surface area contributed by atoms with Gasteiger partial charge in [0.1, 0.15) is 5.60 Å². The van der Waals surface area contributed by atoms with Crippen molar-refractivity contribution in [3.63, 3.8) is 0 Å². The summed E-state index contributed by atoms with van der Waals surface area (Å²) in [5.41, 5.74) is -0.820. The predicted octanol–water partition coefficient (Wildman–Crippen LogP) is 2.41. The van der Waals surface area contributed by atoms with Crippen molar-refractivity contribution >= 4 is 27.9 Å². The average Bonchev–Trinajstić information content (AvgIpc) is 2.36. The Hall–Kier alpha value is -0.720. The van der Waals surface area contributed by atoms with Crippen molar-refractivity contribution in [3.05, 3.63) is 0 Å². The summed E-state index contributed by atoms with van der Waals surface area (Å²) in [7, 11) is 0. The number of carbonyl (C=O) groups is 2. The number of imide groups is 1. The van der Waals surface area contributed by atoms with Crippen molar-refractivity contribution in [2.45, 2.75) is 32.3 Å². The van der Waals surface area contributed by atoms with Crippen LogP contribution in [0.4, 0.5) is 13.6 Å². The first kappa shape index (κ1) is 14.3. The molecule has 0 aromatic heterocycles. The van der Waals surface area contributed by atoms with Gasteiger partial charge in [-0.05, 0) is 20.8 Å². The second kappa shape index (κ2) is 4.51. The molecule has 1 fully saturated rings. The van der Waals surface area contributed by atoms with Crippen LogP contribution in [-0.2, 0) is 9.53 Å². The van der Waals surface area contributed by atoms with Crippen LogP contribution in [0.1, 0.15) is 20.8 Å². The van der Waals surface area contributed by atoms with E-state index in [1.165, 1.54) is 0 Å². The van der Waals surface area contributed by atoms with Gasteiger partial charge in [0.05, 0.1) is 5.92 Å². The largest absolute Gasteiger partial charge is 0.443 e. The molecule has 7 heteroatoms. The van der Waals surface area contributed by atoms with Gasteiger partial charge in [0.25, 0.3) is 0 Å². The molecular weight excluding hydrogens is 300 g/mol. The van der Waals surface area contributed by atoms with Crippen molar-refractivity contribution in [1.29, 1.82) is 0 Å². The van der Waals surface area contributed by atoms with Gasteiger partial charge in [-0.15, -0.1) is 0 Å². The molecule has 0 N–H and O–H groups in total. The first-order chi connectivity index (χ1) is 7.59. The number of hydrogen-bond acceptors (Lipinski definition) is 3. The molecule has 0 aromatic carbocycles. The summed E-state index contributed by atoms with van der Waals surface area (Å²) >= 11 is 2.91. The summed E-state index contributed by atoms with van der Waals surface area (Å²) in [6.45, 7) is 4.48. The quantitative estimate of drug-likeness (QED) is 0.698. The van der Waals surface area contributed by atoms with Gasteiger partial charge in [-0.2, -0.15) is 8.78 Å². The number of amides is 2. The summed E-state index contributed by atoms with van der Waals surface area (Å²) in [4.78, 5) is 23.4. The third-order valence-electron chi connectivity index (χ3n) is 2.25. The second-order valence-electron chi connectivity index (χ2n) is 4.87. The molecule has 0 spiro atoms. The third-order valence-corrected chi connectivity index (χ3v) is 3.03. The molecule has 0 aromatic rings. The highest BCUT2D eigenvalue weighted by Crippen LogP contribution is 2.36. The number of ether oxygens (including phenoxy) is 1. The molecule has 98 valence electrons. The Morgan fingerprint density at radius 3 is 2.47 bits per heavy atom. The van der Waals surface area contributed by atoms with Gasteiger partial charge in [-0.3, -0.25) is 4.79 Å². The number of likely N-dealkylation sites (tertiary alicyclic amines) is 1. The van der Waals surface area contributed by atoms with Crippen molar-refractivity contribution in [2.24, 2.45) is 5.92 Å². The van der Waals surface area contributed by atoms with Crippen molar-refractivity contribution in [2.75, 3.05) is 11.9 Å². The first-order valence-corrected chi connectivity index (χ1v) is 6.20. The van der Waals surface area contributed by atoms with E-state index in [4.69, 9.17) is 4.74 Å². The molecule has 0 unspecified atom stereocenters. The minimum atomic E-state index is -3.51. The van der Waals surface area contributed by atoms with Crippen LogP contribution in [0.2, 0.25) is 0 Å². The van der Waals surface area contributed by atoms with Crippen LogP contribution >= 0.6 is 15.9 Å². The van der Waals surface area contributed by atoms with E-state index in [9.17, 15) is 18.4 Å². The number of rotatable bonds is 1. The summed E-state index contributed by atoms with van der Waals surface area (Å²) < 4.78 is 31.7. The number of carbonyl (C=O) groups excluding carboxylic acids is 2. The first-order valence-electron chi connectivity index (χ1n) is 5.08. The predicted molar refractivity (Wildman–Crippen MR) is 60.2 cm³/mol. The Balaban J connectivity index is 2.82. The van der Waals surface area contributed by atoms with Crippen LogP contribution < -0.4 is 0 Å². The molecule has 0 radical (unpaired) electrons. The lowest BCUT2D eigenvalue weighted by atomic mass is 10.1. The van der Waals surface area contributed by atoms with E-state index in [-0.39, 0.29) is 11.9 Å². The van der Waals surface area contributed by atoms with Crippen LogP contribution in [0.3, 0.4) is 0 Å². The standard InChI is InChI=1S/C10H14BrF2NO3/c1-9(2,3)17-8(16)14-5-6(4-11)10(12,13)7(14)15/h6H,4-5H2,1-3H3/t6-/m1/s1. The van der Waals surface area contributed by atoms with Crippen molar-refractivity contribution in [1.82, 2.24) is 4.90 Å². The number of halogens is 3. The highest BCUT2D eigenvalue weighted by molar-refractivity contribution is 9.09. The summed E-state index contributed by atoms with van der Waals surface area (Å²) in [5, 5.41) is -0.0506. The van der Waals surface area contributed by atoms with Gasteiger partial charge in [0.2, 0.25) is 0 Å². The minimum absolute atomic E-state index is 0.0506. The topological polar surface area (TPSA) is 46.6 Å². The van der Waals surface area contributed by atoms with Crippen LogP contribution in [0.15, 0.2) is 0 Å². The molecule has 1 atom stereocenters. The normalized spacial score (nSPS) is 24.0. The zero-order valence-corrected chi connectivity index (χ0v) is 11.4. The SMILES string of the molecule is CC(C)(C)OC(=O)N1C[C@@H](CBr)C(F)(F)C1=O. The van der Waals surface area contributed by atoms with E-state index >= 15 is 0 Å². The Kier molecular flexibility index (Phi) is 3.81. The average molecular weight is 314 g/mol. The van der Waals surface area contributed by atoms with E-state index in [0.29, 0.717) is 4.90 Å². The fourth-order valence-electron chi connectivity index (χ4n) is 1.39. The van der Waals surface area contributed by atoms with E-state index in [0.717, 1.165) is 0 Å². The maximum atomic E-state index is 13.4. The summed E-state index contributed by atoms with van der Waals surface area (Å²) in [6.07, 6.45) is -1.02. The Morgan fingerprint density at radius 2 is 2.12 bits per heavy atom. The van der Waals surface area contributed by atoms with Crippen LogP contribution in [0.25, 0.3) is 0 Å². The number of hydrogen-bond donors (Lipinski definition) is 0. The molecule has 1 aliphatic rings. The maximum Gasteiger partial charge on any atom is 0.417 e. The zero-order valence-electron chi connectivity index (χ0n) is 9.80. The fraction of sp³-hybridized carbons (Fsp3) is 0.800. The molecule has 2 amide bonds. The molecule has 4 nitrogen and oxygen atoms in total. The highest BCUT2D eigenvalue weighted by atomic mass is 79.9. The zero-order chi connectivity index (χ0) is 13.4. The van der Waals surface area contributed by atoms with Crippen LogP contribution in [0.5, 0.6) is 0 Å². The minimum Gasteiger partial charge on any atom is -0.443 e. The Labute approximate surface area is 106 Å². The second-order valence-corrected chi connectivity index (χ2v) is 5.52. The number of nitrogens with zero attached hydrogens (tertiary/aromatic N) is 1. The Morgan fingerprint density at radius 1 is 1.59 bits per heavy atom. The monoisotopic (exact) mass is 313 g/mol. The van der Waals surface area contributed by atoms with Gasteiger partial charge in [0, 0.05) is 11.9 Å². The fourth-order valence-corrected chi connectivity index (χ4v) is 2.00. The van der Waals surface area contributed by atoms with Crippen molar-refractivity contribution in [3.8, 4) is 0 Å². The lowest BCUT2D eigenvalue weighted by Gasteiger charge is -2.23. The molecular formula is C10H14BrF2NO3. The molecule has 17 heavy (non-hydrogen) atoms.